The lowest BCUT2D eigenvalue weighted by Crippen LogP contribution is -2.45. The van der Waals surface area contributed by atoms with E-state index in [1.807, 2.05) is 6.92 Å². The standard InChI is InChI=1S/C8H14N2O3/c1-5-2-3-7(11)10(5)4-6(9)8(12)13/h5-6H,2-4,9H2,1H3,(H,12,13). The summed E-state index contributed by atoms with van der Waals surface area (Å²) >= 11 is 0. The fraction of sp³-hybridized carbons (Fsp3) is 0.750. The van der Waals surface area contributed by atoms with E-state index in [9.17, 15) is 9.59 Å². The number of hydrogen-bond acceptors (Lipinski definition) is 3. The molecule has 0 bridgehead atoms. The molecule has 1 amide bonds. The van der Waals surface area contributed by atoms with E-state index in [4.69, 9.17) is 10.8 Å². The number of carbonyl (C=O) groups excluding carboxylic acids is 1. The third kappa shape index (κ3) is 2.18. The van der Waals surface area contributed by atoms with E-state index in [-0.39, 0.29) is 18.5 Å². The van der Waals surface area contributed by atoms with E-state index in [2.05, 4.69) is 0 Å². The van der Waals surface area contributed by atoms with Crippen LogP contribution in [-0.2, 0) is 9.59 Å². The molecule has 1 heterocycles. The van der Waals surface area contributed by atoms with Gasteiger partial charge < -0.3 is 15.7 Å². The van der Waals surface area contributed by atoms with Crippen molar-refractivity contribution in [2.75, 3.05) is 6.54 Å². The first-order valence-electron chi connectivity index (χ1n) is 4.30. The predicted molar refractivity (Wildman–Crippen MR) is 46.0 cm³/mol. The molecule has 13 heavy (non-hydrogen) atoms. The summed E-state index contributed by atoms with van der Waals surface area (Å²) in [4.78, 5) is 23.2. The maximum Gasteiger partial charge on any atom is 0.322 e. The summed E-state index contributed by atoms with van der Waals surface area (Å²) in [5.74, 6) is -1.06. The first-order chi connectivity index (χ1) is 6.02. The summed E-state index contributed by atoms with van der Waals surface area (Å²) in [6, 6.07) is -0.845. The van der Waals surface area contributed by atoms with Crippen LogP contribution in [0.3, 0.4) is 0 Å². The van der Waals surface area contributed by atoms with Gasteiger partial charge in [-0.15, -0.1) is 0 Å². The fourth-order valence-electron chi connectivity index (χ4n) is 1.45. The Morgan fingerprint density at radius 2 is 2.46 bits per heavy atom. The highest BCUT2D eigenvalue weighted by molar-refractivity contribution is 5.80. The van der Waals surface area contributed by atoms with E-state index in [1.165, 1.54) is 0 Å². The second kappa shape index (κ2) is 3.74. The van der Waals surface area contributed by atoms with Gasteiger partial charge in [-0.3, -0.25) is 9.59 Å². The van der Waals surface area contributed by atoms with E-state index < -0.39 is 12.0 Å². The molecule has 0 aromatic heterocycles. The molecule has 1 aliphatic rings. The first kappa shape index (κ1) is 9.98. The number of nitrogens with zero attached hydrogens (tertiary/aromatic N) is 1. The molecule has 0 radical (unpaired) electrons. The van der Waals surface area contributed by atoms with Crippen LogP contribution in [-0.4, -0.2) is 40.5 Å². The van der Waals surface area contributed by atoms with Gasteiger partial charge >= 0.3 is 5.97 Å². The molecular formula is C8H14N2O3. The molecule has 2 unspecified atom stereocenters. The number of likely N-dealkylation sites (tertiary alicyclic amines) is 1. The van der Waals surface area contributed by atoms with Crippen molar-refractivity contribution in [2.45, 2.75) is 31.8 Å². The number of carboxylic acids is 1. The average molecular weight is 186 g/mol. The van der Waals surface area contributed by atoms with Gasteiger partial charge in [-0.25, -0.2) is 0 Å². The molecule has 1 rings (SSSR count). The Bertz CT molecular complexity index is 229. The number of nitrogens with two attached hydrogens (primary N) is 1. The highest BCUT2D eigenvalue weighted by atomic mass is 16.4. The SMILES string of the molecule is CC1CCC(=O)N1CC(N)C(=O)O. The average Bonchev–Trinajstić information content (AvgIpc) is 2.35. The Balaban J connectivity index is 2.52. The van der Waals surface area contributed by atoms with Gasteiger partial charge in [0.05, 0.1) is 0 Å². The van der Waals surface area contributed by atoms with Gasteiger partial charge in [-0.2, -0.15) is 0 Å². The summed E-state index contributed by atoms with van der Waals surface area (Å²) < 4.78 is 0. The highest BCUT2D eigenvalue weighted by Crippen LogP contribution is 2.17. The molecule has 2 atom stereocenters. The molecule has 0 aliphatic carbocycles. The smallest absolute Gasteiger partial charge is 0.322 e. The highest BCUT2D eigenvalue weighted by Gasteiger charge is 2.30. The van der Waals surface area contributed by atoms with E-state index in [0.717, 1.165) is 6.42 Å². The van der Waals surface area contributed by atoms with Crippen LogP contribution in [0, 0.1) is 0 Å². The van der Waals surface area contributed by atoms with E-state index in [0.29, 0.717) is 6.42 Å². The number of hydrogen-bond donors (Lipinski definition) is 2. The summed E-state index contributed by atoms with van der Waals surface area (Å²) in [5.41, 5.74) is 5.33. The normalized spacial score (nSPS) is 24.9. The third-order valence-corrected chi connectivity index (χ3v) is 2.34. The number of carboxylic acid groups (broad SMARTS) is 1. The van der Waals surface area contributed by atoms with Crippen molar-refractivity contribution < 1.29 is 14.7 Å². The van der Waals surface area contributed by atoms with E-state index in [1.54, 1.807) is 4.90 Å². The Labute approximate surface area is 76.5 Å². The minimum atomic E-state index is -1.06. The topological polar surface area (TPSA) is 83.6 Å². The Morgan fingerprint density at radius 1 is 1.85 bits per heavy atom. The van der Waals surface area contributed by atoms with Crippen molar-refractivity contribution in [3.8, 4) is 0 Å². The summed E-state index contributed by atoms with van der Waals surface area (Å²) in [5, 5.41) is 8.55. The van der Waals surface area contributed by atoms with Crippen LogP contribution in [0.25, 0.3) is 0 Å². The minimum absolute atomic E-state index is 0.00389. The quantitative estimate of drug-likeness (QED) is 0.617. The van der Waals surface area contributed by atoms with Crippen LogP contribution >= 0.6 is 0 Å². The van der Waals surface area contributed by atoms with Crippen LogP contribution < -0.4 is 5.73 Å². The van der Waals surface area contributed by atoms with Crippen LogP contribution in [0.1, 0.15) is 19.8 Å². The van der Waals surface area contributed by atoms with Gasteiger partial charge in [0.15, 0.2) is 0 Å². The van der Waals surface area contributed by atoms with Crippen LogP contribution in [0.2, 0.25) is 0 Å². The minimum Gasteiger partial charge on any atom is -0.480 e. The van der Waals surface area contributed by atoms with Crippen molar-refractivity contribution in [1.29, 1.82) is 0 Å². The second-order valence-corrected chi connectivity index (χ2v) is 3.38. The molecule has 1 fully saturated rings. The zero-order chi connectivity index (χ0) is 10.0. The second-order valence-electron chi connectivity index (χ2n) is 3.38. The lowest BCUT2D eigenvalue weighted by molar-refractivity contribution is -0.139. The zero-order valence-corrected chi connectivity index (χ0v) is 7.56. The van der Waals surface area contributed by atoms with Gasteiger partial charge in [0.2, 0.25) is 5.91 Å². The lowest BCUT2D eigenvalue weighted by Gasteiger charge is -2.23. The number of aliphatic carboxylic acids is 1. The zero-order valence-electron chi connectivity index (χ0n) is 7.56. The Morgan fingerprint density at radius 3 is 2.85 bits per heavy atom. The van der Waals surface area contributed by atoms with Crippen molar-refractivity contribution >= 4 is 11.9 Å². The molecule has 1 aliphatic heterocycles. The summed E-state index contributed by atoms with van der Waals surface area (Å²) in [6.45, 7) is 2.02. The maximum absolute atomic E-state index is 11.2. The van der Waals surface area contributed by atoms with Gasteiger partial charge in [0.1, 0.15) is 6.04 Å². The molecule has 3 N–H and O–H groups in total. The van der Waals surface area contributed by atoms with Crippen LogP contribution in [0.5, 0.6) is 0 Å². The summed E-state index contributed by atoms with van der Waals surface area (Å²) in [7, 11) is 0. The van der Waals surface area contributed by atoms with Crippen LogP contribution in [0.15, 0.2) is 0 Å². The summed E-state index contributed by atoms with van der Waals surface area (Å²) in [6.07, 6.45) is 1.30. The number of rotatable bonds is 3. The molecular weight excluding hydrogens is 172 g/mol. The van der Waals surface area contributed by atoms with E-state index >= 15 is 0 Å². The van der Waals surface area contributed by atoms with Crippen molar-refractivity contribution in [3.63, 3.8) is 0 Å². The van der Waals surface area contributed by atoms with Gasteiger partial charge in [0, 0.05) is 19.0 Å². The molecule has 5 nitrogen and oxygen atoms in total. The monoisotopic (exact) mass is 186 g/mol. The largest absolute Gasteiger partial charge is 0.480 e. The van der Waals surface area contributed by atoms with Gasteiger partial charge in [-0.1, -0.05) is 0 Å². The third-order valence-electron chi connectivity index (χ3n) is 2.34. The predicted octanol–water partition coefficient (Wildman–Crippen LogP) is -0.591. The number of amides is 1. The Hall–Kier alpha value is -1.10. The molecule has 0 aromatic rings. The molecule has 0 saturated carbocycles. The molecule has 74 valence electrons. The molecule has 5 heteroatoms. The first-order valence-corrected chi connectivity index (χ1v) is 4.30. The van der Waals surface area contributed by atoms with Crippen molar-refractivity contribution in [2.24, 2.45) is 5.73 Å². The fourth-order valence-corrected chi connectivity index (χ4v) is 1.45. The van der Waals surface area contributed by atoms with Crippen molar-refractivity contribution in [3.05, 3.63) is 0 Å². The Kier molecular flexibility index (Phi) is 2.87. The van der Waals surface area contributed by atoms with Gasteiger partial charge in [-0.05, 0) is 13.3 Å². The van der Waals surface area contributed by atoms with Crippen LogP contribution in [0.4, 0.5) is 0 Å². The lowest BCUT2D eigenvalue weighted by atomic mass is 10.2. The maximum atomic E-state index is 11.2. The molecule has 0 spiro atoms. The van der Waals surface area contributed by atoms with Gasteiger partial charge in [0.25, 0.3) is 0 Å². The van der Waals surface area contributed by atoms with Crippen molar-refractivity contribution in [1.82, 2.24) is 4.90 Å². The number of carbonyl (C=O) groups is 2. The molecule has 1 saturated heterocycles. The molecule has 0 aromatic carbocycles.